The van der Waals surface area contributed by atoms with E-state index in [0.717, 1.165) is 19.3 Å². The molecule has 6 heteroatoms. The van der Waals surface area contributed by atoms with Crippen LogP contribution in [0.25, 0.3) is 0 Å². The third-order valence-electron chi connectivity index (χ3n) is 4.16. The minimum absolute atomic E-state index is 0.0815. The lowest BCUT2D eigenvalue weighted by atomic mass is 9.77. The first-order valence-electron chi connectivity index (χ1n) is 5.81. The first kappa shape index (κ1) is 10.8. The van der Waals surface area contributed by atoms with Crippen LogP contribution < -0.4 is 16.2 Å². The lowest BCUT2D eigenvalue weighted by Crippen LogP contribution is -2.47. The number of fused-ring (bicyclic) bond motifs is 3. The summed E-state index contributed by atoms with van der Waals surface area (Å²) in [5, 5.41) is 12.8. The summed E-state index contributed by atoms with van der Waals surface area (Å²) in [6, 6.07) is -0.0953. The van der Waals surface area contributed by atoms with Gasteiger partial charge >= 0.3 is 5.97 Å². The molecule has 4 N–H and O–H groups in total. The number of hydrogen-bond donors (Lipinski definition) is 4. The molecular weight excluding hydrogens is 230 g/mol. The number of aliphatic carboxylic acids is 1. The summed E-state index contributed by atoms with van der Waals surface area (Å²) in [5.74, 6) is -0.189. The zero-order chi connectivity index (χ0) is 11.3. The number of alkyl halides is 1. The van der Waals surface area contributed by atoms with E-state index in [-0.39, 0.29) is 17.5 Å². The number of carboxylic acid groups (broad SMARTS) is 1. The van der Waals surface area contributed by atoms with E-state index in [1.54, 1.807) is 0 Å². The molecule has 16 heavy (non-hydrogen) atoms. The van der Waals surface area contributed by atoms with E-state index in [0.29, 0.717) is 12.0 Å². The Morgan fingerprint density at radius 2 is 2.12 bits per heavy atom. The van der Waals surface area contributed by atoms with Crippen molar-refractivity contribution in [3.63, 3.8) is 0 Å². The maximum absolute atomic E-state index is 11.1. The Morgan fingerprint density at radius 3 is 2.88 bits per heavy atom. The van der Waals surface area contributed by atoms with E-state index in [4.69, 9.17) is 16.7 Å². The number of carbonyl (C=O) groups is 1. The Kier molecular flexibility index (Phi) is 2.58. The number of nitrogens with one attached hydrogen (secondary N) is 3. The van der Waals surface area contributed by atoms with Gasteiger partial charge in [-0.1, -0.05) is 0 Å². The van der Waals surface area contributed by atoms with Gasteiger partial charge in [0.2, 0.25) is 0 Å². The average Bonchev–Trinajstić information content (AvgIpc) is 2.74. The Hall–Kier alpha value is -0.360. The van der Waals surface area contributed by atoms with Gasteiger partial charge in [0.1, 0.15) is 6.04 Å². The fourth-order valence-corrected chi connectivity index (χ4v) is 3.78. The summed E-state index contributed by atoms with van der Waals surface area (Å²) in [7, 11) is 0. The van der Waals surface area contributed by atoms with Crippen molar-refractivity contribution < 1.29 is 9.90 Å². The van der Waals surface area contributed by atoms with Gasteiger partial charge in [0, 0.05) is 17.3 Å². The van der Waals surface area contributed by atoms with E-state index in [1.165, 1.54) is 0 Å². The summed E-state index contributed by atoms with van der Waals surface area (Å²) in [5.41, 5.74) is 5.89. The highest BCUT2D eigenvalue weighted by Gasteiger charge is 2.53. The molecule has 1 saturated carbocycles. The summed E-state index contributed by atoms with van der Waals surface area (Å²) < 4.78 is 0. The van der Waals surface area contributed by atoms with Crippen LogP contribution in [0.2, 0.25) is 0 Å². The molecule has 0 amide bonds. The van der Waals surface area contributed by atoms with E-state index in [1.807, 2.05) is 0 Å². The predicted molar refractivity (Wildman–Crippen MR) is 58.9 cm³/mol. The second-order valence-corrected chi connectivity index (χ2v) is 5.62. The average molecular weight is 246 g/mol. The zero-order valence-corrected chi connectivity index (χ0v) is 9.57. The molecule has 0 spiro atoms. The molecule has 2 saturated heterocycles. The monoisotopic (exact) mass is 245 g/mol. The molecule has 0 aromatic carbocycles. The SMILES string of the molecule is O=C(O)C1NNC2NC3CC(Cl)CCC3C21. The highest BCUT2D eigenvalue weighted by Crippen LogP contribution is 2.41. The third kappa shape index (κ3) is 1.54. The number of carboxylic acids is 1. The van der Waals surface area contributed by atoms with Gasteiger partial charge in [0.25, 0.3) is 0 Å². The molecule has 1 aliphatic carbocycles. The summed E-state index contributed by atoms with van der Waals surface area (Å²) >= 11 is 6.15. The lowest BCUT2D eigenvalue weighted by Gasteiger charge is -2.31. The highest BCUT2D eigenvalue weighted by molar-refractivity contribution is 6.20. The van der Waals surface area contributed by atoms with Gasteiger partial charge in [-0.15, -0.1) is 11.6 Å². The summed E-state index contributed by atoms with van der Waals surface area (Å²) in [4.78, 5) is 11.1. The lowest BCUT2D eigenvalue weighted by molar-refractivity contribution is -0.140. The number of halogens is 1. The Balaban J connectivity index is 1.79. The molecule has 0 aromatic heterocycles. The van der Waals surface area contributed by atoms with Gasteiger partial charge in [0.15, 0.2) is 0 Å². The van der Waals surface area contributed by atoms with Crippen molar-refractivity contribution in [2.24, 2.45) is 11.8 Å². The predicted octanol–water partition coefficient (Wildman–Crippen LogP) is -0.131. The molecule has 2 heterocycles. The molecule has 90 valence electrons. The van der Waals surface area contributed by atoms with Crippen LogP contribution in [0.4, 0.5) is 0 Å². The van der Waals surface area contributed by atoms with Crippen LogP contribution in [-0.4, -0.2) is 34.7 Å². The van der Waals surface area contributed by atoms with Crippen molar-refractivity contribution >= 4 is 17.6 Å². The molecule has 5 nitrogen and oxygen atoms in total. The van der Waals surface area contributed by atoms with Crippen molar-refractivity contribution in [2.45, 2.75) is 42.9 Å². The Morgan fingerprint density at radius 1 is 1.31 bits per heavy atom. The van der Waals surface area contributed by atoms with Crippen LogP contribution in [0.1, 0.15) is 19.3 Å². The maximum Gasteiger partial charge on any atom is 0.322 e. The topological polar surface area (TPSA) is 73.4 Å². The molecule has 2 aliphatic heterocycles. The van der Waals surface area contributed by atoms with Gasteiger partial charge in [-0.2, -0.15) is 0 Å². The molecule has 6 unspecified atom stereocenters. The van der Waals surface area contributed by atoms with Crippen molar-refractivity contribution in [1.82, 2.24) is 16.2 Å². The fraction of sp³-hybridized carbons (Fsp3) is 0.900. The van der Waals surface area contributed by atoms with E-state index in [2.05, 4.69) is 16.2 Å². The minimum atomic E-state index is -0.768. The van der Waals surface area contributed by atoms with Crippen LogP contribution in [-0.2, 0) is 4.79 Å². The molecule has 3 fully saturated rings. The van der Waals surface area contributed by atoms with Crippen LogP contribution in [0.15, 0.2) is 0 Å². The molecule has 6 atom stereocenters. The van der Waals surface area contributed by atoms with Gasteiger partial charge in [0.05, 0.1) is 6.17 Å². The quantitative estimate of drug-likeness (QED) is 0.485. The minimum Gasteiger partial charge on any atom is -0.480 e. The second kappa shape index (κ2) is 3.84. The van der Waals surface area contributed by atoms with E-state index >= 15 is 0 Å². The Bertz CT molecular complexity index is 314. The van der Waals surface area contributed by atoms with Crippen molar-refractivity contribution in [1.29, 1.82) is 0 Å². The van der Waals surface area contributed by atoms with Crippen LogP contribution in [0, 0.1) is 11.8 Å². The highest BCUT2D eigenvalue weighted by atomic mass is 35.5. The van der Waals surface area contributed by atoms with Gasteiger partial charge in [-0.05, 0) is 25.2 Å². The third-order valence-corrected chi connectivity index (χ3v) is 4.55. The standard InChI is InChI=1S/C10H16ClN3O2/c11-4-1-2-5-6(3-4)12-9-7(5)8(10(15)16)13-14-9/h4-9,12-14H,1-3H2,(H,15,16). The van der Waals surface area contributed by atoms with Crippen molar-refractivity contribution in [3.05, 3.63) is 0 Å². The summed E-state index contributed by atoms with van der Waals surface area (Å²) in [6.45, 7) is 0. The van der Waals surface area contributed by atoms with Gasteiger partial charge < -0.3 is 5.11 Å². The van der Waals surface area contributed by atoms with Crippen molar-refractivity contribution in [2.75, 3.05) is 0 Å². The van der Waals surface area contributed by atoms with Crippen LogP contribution in [0.3, 0.4) is 0 Å². The fourth-order valence-electron chi connectivity index (χ4n) is 3.46. The molecule has 0 bridgehead atoms. The zero-order valence-electron chi connectivity index (χ0n) is 8.82. The molecular formula is C10H16ClN3O2. The summed E-state index contributed by atoms with van der Waals surface area (Å²) in [6.07, 6.45) is 3.06. The van der Waals surface area contributed by atoms with Crippen molar-refractivity contribution in [3.8, 4) is 0 Å². The van der Waals surface area contributed by atoms with E-state index < -0.39 is 12.0 Å². The molecule has 3 rings (SSSR count). The smallest absolute Gasteiger partial charge is 0.322 e. The van der Waals surface area contributed by atoms with E-state index in [9.17, 15) is 4.79 Å². The number of hydrazine groups is 1. The largest absolute Gasteiger partial charge is 0.480 e. The number of rotatable bonds is 1. The molecule has 0 aromatic rings. The van der Waals surface area contributed by atoms with Gasteiger partial charge in [-0.3, -0.25) is 10.1 Å². The maximum atomic E-state index is 11.1. The molecule has 0 radical (unpaired) electrons. The first-order valence-corrected chi connectivity index (χ1v) is 6.24. The van der Waals surface area contributed by atoms with Crippen LogP contribution in [0.5, 0.6) is 0 Å². The normalized spacial score (nSPS) is 51.1. The van der Waals surface area contributed by atoms with Gasteiger partial charge in [-0.25, -0.2) is 10.9 Å². The molecule has 3 aliphatic rings. The first-order chi connectivity index (χ1) is 7.66. The Labute approximate surface area is 98.9 Å². The number of hydrogen-bond acceptors (Lipinski definition) is 4. The second-order valence-electron chi connectivity index (χ2n) is 5.01. The van der Waals surface area contributed by atoms with Crippen LogP contribution >= 0.6 is 11.6 Å².